The third-order valence-corrected chi connectivity index (χ3v) is 3.18. The molecule has 1 aliphatic rings. The zero-order valence-electron chi connectivity index (χ0n) is 9.69. The van der Waals surface area contributed by atoms with Crippen LogP contribution in [0.2, 0.25) is 0 Å². The van der Waals surface area contributed by atoms with E-state index in [9.17, 15) is 0 Å². The number of benzene rings is 1. The molecular formula is C13H19N3. The summed E-state index contributed by atoms with van der Waals surface area (Å²) in [4.78, 5) is 4.48. The van der Waals surface area contributed by atoms with Crippen molar-refractivity contribution in [3.8, 4) is 0 Å². The first-order valence-electron chi connectivity index (χ1n) is 5.82. The molecule has 2 atom stereocenters. The molecule has 1 saturated heterocycles. The van der Waals surface area contributed by atoms with Crippen LogP contribution < -0.4 is 11.1 Å². The lowest BCUT2D eigenvalue weighted by atomic mass is 9.97. The van der Waals surface area contributed by atoms with Crippen molar-refractivity contribution in [3.63, 3.8) is 0 Å². The van der Waals surface area contributed by atoms with Crippen LogP contribution in [-0.2, 0) is 6.54 Å². The minimum absolute atomic E-state index is 0.406. The van der Waals surface area contributed by atoms with Crippen LogP contribution in [0.3, 0.4) is 0 Å². The second-order valence-electron chi connectivity index (χ2n) is 4.47. The van der Waals surface area contributed by atoms with Crippen molar-refractivity contribution in [1.82, 2.24) is 5.32 Å². The van der Waals surface area contributed by atoms with Gasteiger partial charge in [0.15, 0.2) is 0 Å². The van der Waals surface area contributed by atoms with E-state index in [1.54, 1.807) is 0 Å². The Hall–Kier alpha value is -1.35. The zero-order valence-corrected chi connectivity index (χ0v) is 9.69. The summed E-state index contributed by atoms with van der Waals surface area (Å²) in [5, 5.41) is 3.34. The molecule has 0 radical (unpaired) electrons. The van der Waals surface area contributed by atoms with Crippen LogP contribution >= 0.6 is 0 Å². The molecule has 0 amide bonds. The smallest absolute Gasteiger partial charge is 0.0988 e. The summed E-state index contributed by atoms with van der Waals surface area (Å²) in [5.41, 5.74) is 7.24. The average Bonchev–Trinajstić information content (AvgIpc) is 2.74. The predicted molar refractivity (Wildman–Crippen MR) is 67.3 cm³/mol. The van der Waals surface area contributed by atoms with Gasteiger partial charge in [0, 0.05) is 12.5 Å². The molecule has 0 spiro atoms. The highest BCUT2D eigenvalue weighted by Crippen LogP contribution is 2.16. The Bertz CT molecular complexity index is 359. The van der Waals surface area contributed by atoms with Crippen LogP contribution in [0.25, 0.3) is 0 Å². The number of hydrogen-bond acceptors (Lipinski definition) is 2. The third-order valence-electron chi connectivity index (χ3n) is 3.18. The fraction of sp³-hybridized carbons (Fsp3) is 0.462. The minimum Gasteiger partial charge on any atom is -0.387 e. The second kappa shape index (κ2) is 5.12. The van der Waals surface area contributed by atoms with Gasteiger partial charge >= 0.3 is 0 Å². The Kier molecular flexibility index (Phi) is 3.57. The Morgan fingerprint density at radius 2 is 2.12 bits per heavy atom. The Morgan fingerprint density at radius 3 is 2.75 bits per heavy atom. The molecule has 1 aromatic rings. The van der Waals surface area contributed by atoms with E-state index < -0.39 is 0 Å². The van der Waals surface area contributed by atoms with Crippen LogP contribution in [0, 0.1) is 11.8 Å². The van der Waals surface area contributed by atoms with Crippen molar-refractivity contribution in [2.75, 3.05) is 13.1 Å². The first-order chi connectivity index (χ1) is 7.77. The molecule has 2 unspecified atom stereocenters. The largest absolute Gasteiger partial charge is 0.387 e. The van der Waals surface area contributed by atoms with Gasteiger partial charge < -0.3 is 11.1 Å². The normalized spacial score (nSPS) is 25.9. The van der Waals surface area contributed by atoms with E-state index in [2.05, 4.69) is 29.4 Å². The predicted octanol–water partition coefficient (Wildman–Crippen LogP) is 1.40. The number of nitrogens with zero attached hydrogens (tertiary/aromatic N) is 1. The third kappa shape index (κ3) is 2.61. The van der Waals surface area contributed by atoms with Crippen molar-refractivity contribution in [1.29, 1.82) is 0 Å². The lowest BCUT2D eigenvalue weighted by Gasteiger charge is -2.13. The van der Waals surface area contributed by atoms with Gasteiger partial charge in [0.1, 0.15) is 0 Å². The van der Waals surface area contributed by atoms with Crippen LogP contribution in [-0.4, -0.2) is 18.9 Å². The van der Waals surface area contributed by atoms with Crippen LogP contribution in [0.4, 0.5) is 0 Å². The van der Waals surface area contributed by atoms with Crippen molar-refractivity contribution in [2.45, 2.75) is 13.5 Å². The molecule has 3 heteroatoms. The highest BCUT2D eigenvalue weighted by atomic mass is 15.0. The van der Waals surface area contributed by atoms with E-state index >= 15 is 0 Å². The fourth-order valence-electron chi connectivity index (χ4n) is 2.09. The molecule has 86 valence electrons. The standard InChI is InChI=1S/C13H19N3/c1-10-7-15-9-12(10)13(14)16-8-11-5-3-2-4-6-11/h2-6,10,12,15H,7-9H2,1H3,(H2,14,16). The maximum absolute atomic E-state index is 6.03. The topological polar surface area (TPSA) is 50.4 Å². The van der Waals surface area contributed by atoms with E-state index in [4.69, 9.17) is 5.73 Å². The first-order valence-corrected chi connectivity index (χ1v) is 5.82. The molecule has 1 aliphatic heterocycles. The number of amidine groups is 1. The Morgan fingerprint density at radius 1 is 1.38 bits per heavy atom. The summed E-state index contributed by atoms with van der Waals surface area (Å²) in [6.45, 7) is 4.92. The molecular weight excluding hydrogens is 198 g/mol. The Balaban J connectivity index is 1.97. The summed E-state index contributed by atoms with van der Waals surface area (Å²) in [7, 11) is 0. The maximum atomic E-state index is 6.03. The molecule has 16 heavy (non-hydrogen) atoms. The van der Waals surface area contributed by atoms with E-state index in [0.29, 0.717) is 18.4 Å². The quantitative estimate of drug-likeness (QED) is 0.594. The monoisotopic (exact) mass is 217 g/mol. The molecule has 0 bridgehead atoms. The summed E-state index contributed by atoms with van der Waals surface area (Å²) >= 11 is 0. The number of rotatable bonds is 3. The molecule has 1 fully saturated rings. The van der Waals surface area contributed by atoms with Crippen molar-refractivity contribution >= 4 is 5.84 Å². The van der Waals surface area contributed by atoms with Gasteiger partial charge in [-0.2, -0.15) is 0 Å². The van der Waals surface area contributed by atoms with E-state index in [1.807, 2.05) is 18.2 Å². The highest BCUT2D eigenvalue weighted by Gasteiger charge is 2.25. The van der Waals surface area contributed by atoms with Gasteiger partial charge in [0.05, 0.1) is 12.4 Å². The minimum atomic E-state index is 0.406. The summed E-state index contributed by atoms with van der Waals surface area (Å²) in [6, 6.07) is 10.2. The van der Waals surface area contributed by atoms with Crippen LogP contribution in [0.1, 0.15) is 12.5 Å². The van der Waals surface area contributed by atoms with Crippen molar-refractivity contribution in [2.24, 2.45) is 22.6 Å². The lowest BCUT2D eigenvalue weighted by Crippen LogP contribution is -2.29. The molecule has 3 N–H and O–H groups in total. The van der Waals surface area contributed by atoms with Crippen molar-refractivity contribution in [3.05, 3.63) is 35.9 Å². The molecule has 0 aromatic heterocycles. The average molecular weight is 217 g/mol. The van der Waals surface area contributed by atoms with Gasteiger partial charge in [0.25, 0.3) is 0 Å². The molecule has 0 aliphatic carbocycles. The van der Waals surface area contributed by atoms with Crippen LogP contribution in [0.5, 0.6) is 0 Å². The van der Waals surface area contributed by atoms with Gasteiger partial charge in [0.2, 0.25) is 0 Å². The number of hydrogen-bond donors (Lipinski definition) is 2. The maximum Gasteiger partial charge on any atom is 0.0988 e. The molecule has 1 heterocycles. The molecule has 3 nitrogen and oxygen atoms in total. The molecule has 1 aromatic carbocycles. The van der Waals surface area contributed by atoms with Gasteiger partial charge in [-0.25, -0.2) is 0 Å². The van der Waals surface area contributed by atoms with Gasteiger partial charge in [-0.05, 0) is 18.0 Å². The Labute approximate surface area is 96.8 Å². The second-order valence-corrected chi connectivity index (χ2v) is 4.47. The van der Waals surface area contributed by atoms with Gasteiger partial charge in [-0.3, -0.25) is 4.99 Å². The summed E-state index contributed by atoms with van der Waals surface area (Å²) in [5.74, 6) is 1.80. The summed E-state index contributed by atoms with van der Waals surface area (Å²) in [6.07, 6.45) is 0. The van der Waals surface area contributed by atoms with Crippen LogP contribution in [0.15, 0.2) is 35.3 Å². The lowest BCUT2D eigenvalue weighted by molar-refractivity contribution is 0.565. The number of nitrogens with one attached hydrogen (secondary N) is 1. The molecule has 0 saturated carbocycles. The first kappa shape index (κ1) is 11.1. The zero-order chi connectivity index (χ0) is 11.4. The fourth-order valence-corrected chi connectivity index (χ4v) is 2.09. The number of aliphatic imine (C=N–C) groups is 1. The highest BCUT2D eigenvalue weighted by molar-refractivity contribution is 5.83. The van der Waals surface area contributed by atoms with Gasteiger partial charge in [-0.15, -0.1) is 0 Å². The van der Waals surface area contributed by atoms with E-state index in [-0.39, 0.29) is 0 Å². The van der Waals surface area contributed by atoms with Gasteiger partial charge in [-0.1, -0.05) is 37.3 Å². The van der Waals surface area contributed by atoms with E-state index in [0.717, 1.165) is 18.9 Å². The van der Waals surface area contributed by atoms with E-state index in [1.165, 1.54) is 5.56 Å². The number of nitrogens with two attached hydrogens (primary N) is 1. The SMILES string of the molecule is CC1CNCC1C(N)=NCc1ccccc1. The summed E-state index contributed by atoms with van der Waals surface area (Å²) < 4.78 is 0. The molecule has 2 rings (SSSR count). The van der Waals surface area contributed by atoms with Crippen molar-refractivity contribution < 1.29 is 0 Å².